The van der Waals surface area contributed by atoms with E-state index in [1.165, 1.54) is 6.07 Å². The second kappa shape index (κ2) is 6.33. The average molecular weight is 316 g/mol. The number of hydrogen-bond donors (Lipinski definition) is 1. The Balaban J connectivity index is 2.19. The van der Waals surface area contributed by atoms with Crippen molar-refractivity contribution >= 4 is 11.9 Å². The summed E-state index contributed by atoms with van der Waals surface area (Å²) in [6.45, 7) is -1.35. The molecule has 5 nitrogen and oxygen atoms in total. The van der Waals surface area contributed by atoms with Crippen LogP contribution in [0.2, 0.25) is 0 Å². The van der Waals surface area contributed by atoms with Crippen LogP contribution in [0.15, 0.2) is 18.3 Å². The van der Waals surface area contributed by atoms with Crippen molar-refractivity contribution in [1.29, 1.82) is 0 Å². The number of amides is 1. The van der Waals surface area contributed by atoms with Gasteiger partial charge in [-0.15, -0.1) is 0 Å². The number of carboxylic acids is 1. The van der Waals surface area contributed by atoms with Crippen LogP contribution in [-0.2, 0) is 0 Å². The number of rotatable bonds is 5. The number of aromatic carboxylic acids is 1. The molecule has 1 aliphatic carbocycles. The van der Waals surface area contributed by atoms with Gasteiger partial charge < -0.3 is 10.0 Å². The maximum absolute atomic E-state index is 12.7. The van der Waals surface area contributed by atoms with E-state index in [9.17, 15) is 22.8 Å². The summed E-state index contributed by atoms with van der Waals surface area (Å²) in [6.07, 6.45) is -0.866. The summed E-state index contributed by atoms with van der Waals surface area (Å²) in [6, 6.07) is 2.17. The van der Waals surface area contributed by atoms with Crippen molar-refractivity contribution in [1.82, 2.24) is 9.88 Å². The molecule has 0 spiro atoms. The summed E-state index contributed by atoms with van der Waals surface area (Å²) in [5.41, 5.74) is -0.475. The lowest BCUT2D eigenvalue weighted by molar-refractivity contribution is -0.142. The van der Waals surface area contributed by atoms with Gasteiger partial charge in [-0.2, -0.15) is 13.2 Å². The van der Waals surface area contributed by atoms with E-state index >= 15 is 0 Å². The Morgan fingerprint density at radius 3 is 2.55 bits per heavy atom. The van der Waals surface area contributed by atoms with E-state index in [0.717, 1.165) is 31.5 Å². The molecule has 0 bridgehead atoms. The number of aromatic nitrogens is 1. The molecule has 1 aromatic rings. The molecule has 0 aliphatic heterocycles. The predicted octanol–water partition coefficient (Wildman–Crippen LogP) is 2.58. The molecular formula is C14H15F3N2O3. The van der Waals surface area contributed by atoms with Gasteiger partial charge in [-0.3, -0.25) is 9.78 Å². The lowest BCUT2D eigenvalue weighted by Crippen LogP contribution is -2.43. The molecule has 0 aromatic carbocycles. The van der Waals surface area contributed by atoms with E-state index in [4.69, 9.17) is 5.11 Å². The number of carboxylic acid groups (broad SMARTS) is 1. The first kappa shape index (κ1) is 16.3. The van der Waals surface area contributed by atoms with Crippen molar-refractivity contribution in [3.8, 4) is 0 Å². The molecule has 22 heavy (non-hydrogen) atoms. The first-order valence-corrected chi connectivity index (χ1v) is 6.81. The summed E-state index contributed by atoms with van der Waals surface area (Å²) in [5.74, 6) is -2.10. The highest BCUT2D eigenvalue weighted by molar-refractivity contribution is 5.95. The van der Waals surface area contributed by atoms with Gasteiger partial charge in [0.2, 0.25) is 0 Å². The summed E-state index contributed by atoms with van der Waals surface area (Å²) in [5, 5.41) is 8.88. The van der Waals surface area contributed by atoms with Gasteiger partial charge in [0.15, 0.2) is 0 Å². The van der Waals surface area contributed by atoms with Crippen LogP contribution in [0.3, 0.4) is 0 Å². The third kappa shape index (κ3) is 4.19. The van der Waals surface area contributed by atoms with Crippen LogP contribution in [0.25, 0.3) is 0 Å². The van der Waals surface area contributed by atoms with E-state index in [0.29, 0.717) is 4.90 Å². The lowest BCUT2D eigenvalue weighted by Gasteiger charge is -2.32. The molecule has 1 N–H and O–H groups in total. The number of carbonyl (C=O) groups is 2. The van der Waals surface area contributed by atoms with Crippen molar-refractivity contribution in [3.63, 3.8) is 0 Å². The minimum atomic E-state index is -4.51. The number of nitrogens with zero attached hydrogens (tertiary/aromatic N) is 2. The Morgan fingerprint density at radius 2 is 2.05 bits per heavy atom. The fraction of sp³-hybridized carbons (Fsp3) is 0.500. The highest BCUT2D eigenvalue weighted by atomic mass is 19.4. The van der Waals surface area contributed by atoms with Crippen molar-refractivity contribution < 1.29 is 27.9 Å². The molecule has 1 amide bonds. The Morgan fingerprint density at radius 1 is 1.36 bits per heavy atom. The van der Waals surface area contributed by atoms with Gasteiger partial charge in [0.1, 0.15) is 12.2 Å². The number of halogens is 3. The third-order valence-electron chi connectivity index (χ3n) is 3.59. The van der Waals surface area contributed by atoms with Gasteiger partial charge in [0.05, 0.1) is 5.56 Å². The van der Waals surface area contributed by atoms with Crippen LogP contribution in [0.4, 0.5) is 13.2 Å². The number of pyridine rings is 1. The van der Waals surface area contributed by atoms with E-state index in [2.05, 4.69) is 4.98 Å². The quantitative estimate of drug-likeness (QED) is 0.906. The number of alkyl halides is 3. The van der Waals surface area contributed by atoms with Crippen LogP contribution < -0.4 is 0 Å². The number of carbonyl (C=O) groups excluding carboxylic acids is 1. The van der Waals surface area contributed by atoms with Crippen LogP contribution in [0.1, 0.15) is 40.1 Å². The Kier molecular flexibility index (Phi) is 4.68. The largest absolute Gasteiger partial charge is 0.478 e. The van der Waals surface area contributed by atoms with E-state index in [-0.39, 0.29) is 23.7 Å². The Labute approximate surface area is 124 Å². The first-order chi connectivity index (χ1) is 10.3. The zero-order chi connectivity index (χ0) is 16.3. The van der Waals surface area contributed by atoms with Crippen LogP contribution >= 0.6 is 0 Å². The molecule has 0 atom stereocenters. The maximum atomic E-state index is 12.7. The van der Waals surface area contributed by atoms with Gasteiger partial charge in [0.25, 0.3) is 5.91 Å². The van der Waals surface area contributed by atoms with Crippen molar-refractivity contribution in [2.24, 2.45) is 5.92 Å². The van der Waals surface area contributed by atoms with Crippen molar-refractivity contribution in [2.45, 2.75) is 25.4 Å². The van der Waals surface area contributed by atoms with Gasteiger partial charge >= 0.3 is 12.1 Å². The maximum Gasteiger partial charge on any atom is 0.406 e. The third-order valence-corrected chi connectivity index (χ3v) is 3.59. The summed E-state index contributed by atoms with van der Waals surface area (Å²) >= 11 is 0. The second-order valence-corrected chi connectivity index (χ2v) is 5.33. The monoisotopic (exact) mass is 316 g/mol. The molecule has 1 heterocycles. The normalized spacial score (nSPS) is 15.2. The number of hydrogen-bond acceptors (Lipinski definition) is 3. The van der Waals surface area contributed by atoms with Crippen LogP contribution in [0, 0.1) is 5.92 Å². The molecule has 120 valence electrons. The van der Waals surface area contributed by atoms with Gasteiger partial charge in [-0.05, 0) is 30.9 Å². The molecule has 1 fully saturated rings. The fourth-order valence-corrected chi connectivity index (χ4v) is 2.27. The second-order valence-electron chi connectivity index (χ2n) is 5.33. The smallest absolute Gasteiger partial charge is 0.406 e. The van der Waals surface area contributed by atoms with Gasteiger partial charge in [-0.1, -0.05) is 6.42 Å². The summed E-state index contributed by atoms with van der Waals surface area (Å²) < 4.78 is 38.0. The lowest BCUT2D eigenvalue weighted by atomic mass is 9.85. The first-order valence-electron chi connectivity index (χ1n) is 6.81. The highest BCUT2D eigenvalue weighted by Gasteiger charge is 2.35. The summed E-state index contributed by atoms with van der Waals surface area (Å²) in [4.78, 5) is 27.5. The highest BCUT2D eigenvalue weighted by Crippen LogP contribution is 2.29. The molecule has 8 heteroatoms. The molecule has 2 rings (SSSR count). The summed E-state index contributed by atoms with van der Waals surface area (Å²) in [7, 11) is 0. The van der Waals surface area contributed by atoms with E-state index in [1.54, 1.807) is 0 Å². The standard InChI is InChI=1S/C14H15F3N2O3/c15-14(16,17)8-19(7-9-2-1-3-9)12(20)11-6-10(13(21)22)4-5-18-11/h4-6,9H,1-3,7-8H2,(H,21,22). The minimum Gasteiger partial charge on any atom is -0.478 e. The van der Waals surface area contributed by atoms with Crippen LogP contribution in [-0.4, -0.2) is 46.1 Å². The molecule has 0 unspecified atom stereocenters. The molecule has 1 saturated carbocycles. The Hall–Kier alpha value is -2.12. The molecular weight excluding hydrogens is 301 g/mol. The Bertz CT molecular complexity index is 571. The zero-order valence-electron chi connectivity index (χ0n) is 11.6. The molecule has 0 saturated heterocycles. The average Bonchev–Trinajstić information content (AvgIpc) is 2.39. The molecule has 1 aliphatic rings. The predicted molar refractivity (Wildman–Crippen MR) is 70.5 cm³/mol. The van der Waals surface area contributed by atoms with Gasteiger partial charge in [-0.25, -0.2) is 4.79 Å². The SMILES string of the molecule is O=C(O)c1ccnc(C(=O)N(CC2CCC2)CC(F)(F)F)c1. The van der Waals surface area contributed by atoms with E-state index in [1.807, 2.05) is 0 Å². The molecule has 0 radical (unpaired) electrons. The topological polar surface area (TPSA) is 70.5 Å². The van der Waals surface area contributed by atoms with Crippen molar-refractivity contribution in [2.75, 3.05) is 13.1 Å². The zero-order valence-corrected chi connectivity index (χ0v) is 11.6. The fourth-order valence-electron chi connectivity index (χ4n) is 2.27. The minimum absolute atomic E-state index is 0.0112. The van der Waals surface area contributed by atoms with E-state index < -0.39 is 24.6 Å². The molecule has 1 aromatic heterocycles. The van der Waals surface area contributed by atoms with Crippen molar-refractivity contribution in [3.05, 3.63) is 29.6 Å². The van der Waals surface area contributed by atoms with Gasteiger partial charge in [0, 0.05) is 12.7 Å². The van der Waals surface area contributed by atoms with Crippen LogP contribution in [0.5, 0.6) is 0 Å².